The Balaban J connectivity index is 1.64. The molecule has 3 aromatic rings. The lowest BCUT2D eigenvalue weighted by Gasteiger charge is -2.22. The molecule has 0 bridgehead atoms. The van der Waals surface area contributed by atoms with Crippen LogP contribution in [0.4, 0.5) is 27.8 Å². The molecule has 0 radical (unpaired) electrons. The zero-order valence-electron chi connectivity index (χ0n) is 18.2. The van der Waals surface area contributed by atoms with Crippen LogP contribution in [0.5, 0.6) is 5.75 Å². The molecule has 0 saturated carbocycles. The van der Waals surface area contributed by atoms with Gasteiger partial charge < -0.3 is 15.0 Å². The Morgan fingerprint density at radius 1 is 1.15 bits per heavy atom. The fraction of sp³-hybridized carbons (Fsp3) is 0.476. The van der Waals surface area contributed by atoms with E-state index in [9.17, 15) is 13.2 Å². The number of ether oxygens (including phenoxy) is 1. The van der Waals surface area contributed by atoms with Gasteiger partial charge >= 0.3 is 6.18 Å². The monoisotopic (exact) mass is 504 g/mol. The minimum absolute atomic E-state index is 0.0377. The van der Waals surface area contributed by atoms with Crippen LogP contribution in [-0.4, -0.2) is 62.9 Å². The maximum atomic E-state index is 15.1. The van der Waals surface area contributed by atoms with E-state index in [0.717, 1.165) is 62.4 Å². The van der Waals surface area contributed by atoms with Gasteiger partial charge in [0.15, 0.2) is 0 Å². The van der Waals surface area contributed by atoms with Crippen molar-refractivity contribution in [3.63, 3.8) is 0 Å². The molecule has 1 aliphatic heterocycles. The van der Waals surface area contributed by atoms with Gasteiger partial charge in [0.05, 0.1) is 17.7 Å². The van der Waals surface area contributed by atoms with Crippen LogP contribution in [0.1, 0.15) is 26.2 Å². The van der Waals surface area contributed by atoms with E-state index >= 15 is 8.78 Å². The van der Waals surface area contributed by atoms with E-state index in [1.807, 2.05) is 0 Å². The van der Waals surface area contributed by atoms with Gasteiger partial charge in [0.1, 0.15) is 40.7 Å². The van der Waals surface area contributed by atoms with Crippen LogP contribution in [0.15, 0.2) is 18.5 Å². The molecule has 184 valence electrons. The summed E-state index contributed by atoms with van der Waals surface area (Å²) in [6.45, 7) is 4.01. The summed E-state index contributed by atoms with van der Waals surface area (Å²) in [6.07, 6.45) is -0.598. The van der Waals surface area contributed by atoms with Gasteiger partial charge in [-0.15, -0.1) is 0 Å². The number of rotatable bonds is 8. The van der Waals surface area contributed by atoms with Gasteiger partial charge in [0.2, 0.25) is 0 Å². The lowest BCUT2D eigenvalue weighted by molar-refractivity contribution is -0.138. The summed E-state index contributed by atoms with van der Waals surface area (Å²) >= 11 is 6.16. The Morgan fingerprint density at radius 2 is 1.82 bits per heavy atom. The average molecular weight is 505 g/mol. The van der Waals surface area contributed by atoms with Gasteiger partial charge in [-0.3, -0.25) is 0 Å². The van der Waals surface area contributed by atoms with Crippen LogP contribution in [-0.2, 0) is 0 Å². The number of nitrogens with zero attached hydrogens (tertiary/aromatic N) is 5. The molecule has 1 N–H and O–H groups in total. The second-order valence-electron chi connectivity index (χ2n) is 8.02. The van der Waals surface area contributed by atoms with Gasteiger partial charge in [-0.25, -0.2) is 8.78 Å². The number of hydrogen-bond donors (Lipinski definition) is 1. The molecule has 34 heavy (non-hydrogen) atoms. The summed E-state index contributed by atoms with van der Waals surface area (Å²) in [5, 5.41) is 5.58. The number of fused-ring (bicyclic) bond motifs is 1. The average Bonchev–Trinajstić information content (AvgIpc) is 3.43. The number of benzene rings is 1. The summed E-state index contributed by atoms with van der Waals surface area (Å²) in [7, 11) is 0. The molecule has 1 saturated heterocycles. The van der Waals surface area contributed by atoms with Gasteiger partial charge in [-0.2, -0.15) is 32.8 Å². The van der Waals surface area contributed by atoms with Crippen LogP contribution in [0.2, 0.25) is 5.15 Å². The smallest absolute Gasteiger partial charge is 0.408 e. The van der Waals surface area contributed by atoms with E-state index in [1.54, 1.807) is 0 Å². The van der Waals surface area contributed by atoms with E-state index in [4.69, 9.17) is 16.3 Å². The summed E-state index contributed by atoms with van der Waals surface area (Å²) < 4.78 is 76.3. The fourth-order valence-electron chi connectivity index (χ4n) is 3.81. The Kier molecular flexibility index (Phi) is 7.08. The minimum Gasteiger partial charge on any atom is -0.493 e. The molecular formula is C21H22ClF5N6O. The summed E-state index contributed by atoms with van der Waals surface area (Å²) in [4.78, 5) is 10.00. The minimum atomic E-state index is -4.65. The summed E-state index contributed by atoms with van der Waals surface area (Å²) in [6, 6.07) is -0.151. The third-order valence-corrected chi connectivity index (χ3v) is 5.85. The molecule has 1 fully saturated rings. The highest BCUT2D eigenvalue weighted by atomic mass is 35.5. The lowest BCUT2D eigenvalue weighted by atomic mass is 10.1. The maximum absolute atomic E-state index is 15.1. The van der Waals surface area contributed by atoms with Crippen molar-refractivity contribution in [2.75, 3.05) is 31.6 Å². The Morgan fingerprint density at radius 3 is 2.47 bits per heavy atom. The van der Waals surface area contributed by atoms with Crippen LogP contribution in [0.25, 0.3) is 16.9 Å². The van der Waals surface area contributed by atoms with Crippen molar-refractivity contribution in [2.45, 2.75) is 38.4 Å². The highest BCUT2D eigenvalue weighted by molar-refractivity contribution is 6.33. The van der Waals surface area contributed by atoms with E-state index in [0.29, 0.717) is 6.42 Å². The number of aromatic nitrogens is 4. The number of halogens is 6. The number of hydrogen-bond acceptors (Lipinski definition) is 6. The first-order valence-corrected chi connectivity index (χ1v) is 11.1. The first kappa shape index (κ1) is 24.4. The summed E-state index contributed by atoms with van der Waals surface area (Å²) in [5.74, 6) is -2.70. The molecule has 1 aromatic carbocycles. The van der Waals surface area contributed by atoms with Gasteiger partial charge in [-0.05, 0) is 39.3 Å². The Bertz CT molecular complexity index is 1140. The van der Waals surface area contributed by atoms with Crippen LogP contribution in [0.3, 0.4) is 0 Å². The SMILES string of the molecule is C[C@@H](Nc1c(-c2c(F)cc(OCCCN3CCCC3)cc2F)c(Cl)nc2ncnn12)C(F)(F)F. The summed E-state index contributed by atoms with van der Waals surface area (Å²) in [5.41, 5.74) is -1.07. The third kappa shape index (κ3) is 5.17. The van der Waals surface area contributed by atoms with Crippen molar-refractivity contribution in [3.05, 3.63) is 35.2 Å². The van der Waals surface area contributed by atoms with Crippen molar-refractivity contribution in [3.8, 4) is 16.9 Å². The second-order valence-corrected chi connectivity index (χ2v) is 8.38. The maximum Gasteiger partial charge on any atom is 0.408 e. The van der Waals surface area contributed by atoms with E-state index < -0.39 is 46.0 Å². The quantitative estimate of drug-likeness (QED) is 0.266. The molecule has 1 aliphatic rings. The normalized spacial score (nSPS) is 15.7. The molecule has 7 nitrogen and oxygen atoms in total. The van der Waals surface area contributed by atoms with Crippen LogP contribution >= 0.6 is 11.6 Å². The van der Waals surface area contributed by atoms with Crippen LogP contribution in [0, 0.1) is 11.6 Å². The van der Waals surface area contributed by atoms with Gasteiger partial charge in [0, 0.05) is 18.7 Å². The Hall–Kier alpha value is -2.73. The van der Waals surface area contributed by atoms with Crippen molar-refractivity contribution in [1.82, 2.24) is 24.5 Å². The zero-order valence-corrected chi connectivity index (χ0v) is 18.9. The largest absolute Gasteiger partial charge is 0.493 e. The van der Waals surface area contributed by atoms with Crippen molar-refractivity contribution in [2.24, 2.45) is 0 Å². The molecule has 0 amide bonds. The predicted octanol–water partition coefficient (Wildman–Crippen LogP) is 4.95. The molecule has 0 spiro atoms. The molecule has 1 atom stereocenters. The number of alkyl halides is 3. The second kappa shape index (κ2) is 9.87. The molecule has 0 aliphatic carbocycles. The van der Waals surface area contributed by atoms with Crippen molar-refractivity contribution < 1.29 is 26.7 Å². The standard InChI is InChI=1S/C21H22ClF5N6O/c1-12(21(25,26)27)30-19-17(18(22)31-20-28-11-29-33(19)20)16-14(23)9-13(10-15(16)24)34-8-4-7-32-5-2-3-6-32/h9-12,30H,2-8H2,1H3/t12-/m1/s1. The molecular weight excluding hydrogens is 483 g/mol. The van der Waals surface area contributed by atoms with Crippen LogP contribution < -0.4 is 10.1 Å². The predicted molar refractivity (Wildman–Crippen MR) is 116 cm³/mol. The molecule has 13 heteroatoms. The van der Waals surface area contributed by atoms with E-state index in [2.05, 4.69) is 25.3 Å². The van der Waals surface area contributed by atoms with Crippen molar-refractivity contribution >= 4 is 23.2 Å². The van der Waals surface area contributed by atoms with E-state index in [1.165, 1.54) is 0 Å². The highest BCUT2D eigenvalue weighted by Crippen LogP contribution is 2.39. The Labute approximate surface area is 196 Å². The fourth-order valence-corrected chi connectivity index (χ4v) is 4.07. The number of nitrogens with one attached hydrogen (secondary N) is 1. The van der Waals surface area contributed by atoms with Gasteiger partial charge in [-0.1, -0.05) is 11.6 Å². The topological polar surface area (TPSA) is 67.6 Å². The molecule has 3 heterocycles. The number of anilines is 1. The molecule has 4 rings (SSSR count). The highest BCUT2D eigenvalue weighted by Gasteiger charge is 2.37. The number of likely N-dealkylation sites (tertiary alicyclic amines) is 1. The zero-order chi connectivity index (χ0) is 24.5. The first-order valence-electron chi connectivity index (χ1n) is 10.7. The van der Waals surface area contributed by atoms with Crippen molar-refractivity contribution in [1.29, 1.82) is 0 Å². The lowest BCUT2D eigenvalue weighted by Crippen LogP contribution is -2.34. The molecule has 0 unspecified atom stereocenters. The molecule has 2 aromatic heterocycles. The van der Waals surface area contributed by atoms with E-state index in [-0.39, 0.29) is 18.1 Å². The first-order chi connectivity index (χ1) is 16.1. The third-order valence-electron chi connectivity index (χ3n) is 5.58. The van der Waals surface area contributed by atoms with Gasteiger partial charge in [0.25, 0.3) is 5.78 Å².